The van der Waals surface area contributed by atoms with Gasteiger partial charge in [-0.15, -0.1) is 0 Å². The highest BCUT2D eigenvalue weighted by Crippen LogP contribution is 2.22. The molecular formula is C10H17NO7. The number of aliphatic hydroxyl groups excluding tert-OH is 3. The van der Waals surface area contributed by atoms with Gasteiger partial charge in [-0.2, -0.15) is 0 Å². The van der Waals surface area contributed by atoms with Crippen molar-refractivity contribution in [2.24, 2.45) is 0 Å². The fraction of sp³-hybridized carbons (Fsp3) is 0.800. The summed E-state index contributed by atoms with van der Waals surface area (Å²) in [6.45, 7) is 1.80. The van der Waals surface area contributed by atoms with E-state index in [1.165, 1.54) is 6.92 Å². The van der Waals surface area contributed by atoms with Crippen LogP contribution in [-0.4, -0.2) is 64.4 Å². The van der Waals surface area contributed by atoms with Gasteiger partial charge in [0.1, 0.15) is 18.2 Å². The van der Waals surface area contributed by atoms with E-state index in [-0.39, 0.29) is 0 Å². The molecule has 4 N–H and O–H groups in total. The van der Waals surface area contributed by atoms with Crippen molar-refractivity contribution in [1.29, 1.82) is 0 Å². The molecule has 0 radical (unpaired) electrons. The number of nitrogens with one attached hydrogen (secondary N) is 1. The van der Waals surface area contributed by atoms with Crippen LogP contribution in [0.4, 0.5) is 0 Å². The Kier molecular flexibility index (Phi) is 5.03. The van der Waals surface area contributed by atoms with Gasteiger partial charge in [0.05, 0.1) is 6.61 Å². The molecule has 0 bridgehead atoms. The summed E-state index contributed by atoms with van der Waals surface area (Å²) in [5.74, 6) is -1.15. The summed E-state index contributed by atoms with van der Waals surface area (Å²) in [7, 11) is 0. The van der Waals surface area contributed by atoms with E-state index in [9.17, 15) is 19.8 Å². The zero-order valence-corrected chi connectivity index (χ0v) is 10.1. The van der Waals surface area contributed by atoms with Crippen LogP contribution in [0.5, 0.6) is 0 Å². The van der Waals surface area contributed by atoms with Gasteiger partial charge in [-0.3, -0.25) is 9.59 Å². The molecule has 1 rings (SSSR count). The summed E-state index contributed by atoms with van der Waals surface area (Å²) >= 11 is 0. The van der Waals surface area contributed by atoms with Gasteiger partial charge in [-0.1, -0.05) is 0 Å². The molecule has 1 heterocycles. The van der Waals surface area contributed by atoms with E-state index >= 15 is 0 Å². The van der Waals surface area contributed by atoms with Crippen molar-refractivity contribution in [3.8, 4) is 0 Å². The second-order valence-electron chi connectivity index (χ2n) is 4.04. The molecule has 8 heteroatoms. The zero-order chi connectivity index (χ0) is 13.9. The van der Waals surface area contributed by atoms with E-state index in [0.717, 1.165) is 6.92 Å². The van der Waals surface area contributed by atoms with Gasteiger partial charge < -0.3 is 30.1 Å². The number of carbonyl (C=O) groups is 2. The first-order chi connectivity index (χ1) is 8.36. The Bertz CT molecular complexity index is 321. The van der Waals surface area contributed by atoms with Crippen LogP contribution in [0.25, 0.3) is 0 Å². The number of hydrogen-bond donors (Lipinski definition) is 4. The van der Waals surface area contributed by atoms with Crippen molar-refractivity contribution >= 4 is 11.9 Å². The Labute approximate surface area is 104 Å². The minimum Gasteiger partial charge on any atom is -0.457 e. The largest absolute Gasteiger partial charge is 0.457 e. The third-order valence-corrected chi connectivity index (χ3v) is 2.54. The van der Waals surface area contributed by atoms with Crippen LogP contribution in [0.2, 0.25) is 0 Å². The van der Waals surface area contributed by atoms with E-state index in [0.29, 0.717) is 0 Å². The van der Waals surface area contributed by atoms with E-state index in [1.807, 2.05) is 0 Å². The third kappa shape index (κ3) is 3.39. The van der Waals surface area contributed by atoms with Gasteiger partial charge in [-0.05, 0) is 0 Å². The number of carbonyl (C=O) groups excluding carboxylic acids is 2. The summed E-state index contributed by atoms with van der Waals surface area (Å²) < 4.78 is 9.82. The van der Waals surface area contributed by atoms with Crippen LogP contribution < -0.4 is 5.32 Å². The van der Waals surface area contributed by atoms with Crippen molar-refractivity contribution < 1.29 is 34.4 Å². The maximum absolute atomic E-state index is 10.9. The Morgan fingerprint density at radius 3 is 2.39 bits per heavy atom. The van der Waals surface area contributed by atoms with Gasteiger partial charge in [-0.25, -0.2) is 0 Å². The SMILES string of the molecule is CC(=O)NC1C(O)OC(CO)[C@@H](OC(C)=O)[C@@H]1O. The maximum Gasteiger partial charge on any atom is 0.303 e. The topological polar surface area (TPSA) is 125 Å². The highest BCUT2D eigenvalue weighted by Gasteiger charge is 2.46. The molecule has 1 fully saturated rings. The van der Waals surface area contributed by atoms with Gasteiger partial charge >= 0.3 is 5.97 Å². The minimum atomic E-state index is -1.49. The first-order valence-corrected chi connectivity index (χ1v) is 5.43. The molecule has 8 nitrogen and oxygen atoms in total. The van der Waals surface area contributed by atoms with Gasteiger partial charge in [0.2, 0.25) is 5.91 Å². The Balaban J connectivity index is 2.84. The summed E-state index contributed by atoms with van der Waals surface area (Å²) in [5.41, 5.74) is 0. The van der Waals surface area contributed by atoms with E-state index < -0.39 is 49.1 Å². The number of aliphatic hydroxyl groups is 3. The molecule has 5 atom stereocenters. The Morgan fingerprint density at radius 1 is 1.33 bits per heavy atom. The normalized spacial score (nSPS) is 35.9. The molecule has 1 aliphatic rings. The van der Waals surface area contributed by atoms with Crippen molar-refractivity contribution in [2.75, 3.05) is 6.61 Å². The molecule has 1 amide bonds. The number of ether oxygens (including phenoxy) is 2. The minimum absolute atomic E-state index is 0.481. The number of hydrogen-bond acceptors (Lipinski definition) is 7. The van der Waals surface area contributed by atoms with E-state index in [4.69, 9.17) is 14.6 Å². The molecule has 0 aromatic rings. The fourth-order valence-electron chi connectivity index (χ4n) is 1.81. The highest BCUT2D eigenvalue weighted by atomic mass is 16.6. The lowest BCUT2D eigenvalue weighted by Crippen LogP contribution is -2.64. The van der Waals surface area contributed by atoms with Crippen LogP contribution in [0.15, 0.2) is 0 Å². The second-order valence-corrected chi connectivity index (χ2v) is 4.04. The molecule has 3 unspecified atom stereocenters. The van der Waals surface area contributed by atoms with Crippen LogP contribution >= 0.6 is 0 Å². The maximum atomic E-state index is 10.9. The molecule has 0 aliphatic carbocycles. The average molecular weight is 263 g/mol. The Hall–Kier alpha value is -1.22. The second kappa shape index (κ2) is 6.10. The monoisotopic (exact) mass is 263 g/mol. The van der Waals surface area contributed by atoms with Crippen molar-refractivity contribution in [3.05, 3.63) is 0 Å². The molecule has 0 aromatic carbocycles. The number of rotatable bonds is 3. The molecule has 18 heavy (non-hydrogen) atoms. The molecule has 0 spiro atoms. The smallest absolute Gasteiger partial charge is 0.303 e. The summed E-state index contributed by atoms with van der Waals surface area (Å²) in [4.78, 5) is 21.8. The summed E-state index contributed by atoms with van der Waals surface area (Å²) in [6.07, 6.45) is -5.08. The standard InChI is InChI=1S/C10H17NO7/c1-4(13)11-7-8(15)9(17-5(2)14)6(3-12)18-10(7)16/h6-10,12,15-16H,3H2,1-2H3,(H,11,13)/t6?,7?,8-,9-,10?/m1/s1. The van der Waals surface area contributed by atoms with E-state index in [2.05, 4.69) is 5.32 Å². The molecule has 0 saturated carbocycles. The third-order valence-electron chi connectivity index (χ3n) is 2.54. The summed E-state index contributed by atoms with van der Waals surface area (Å²) in [6, 6.07) is -1.13. The van der Waals surface area contributed by atoms with Crippen molar-refractivity contribution in [3.63, 3.8) is 0 Å². The first-order valence-electron chi connectivity index (χ1n) is 5.43. The lowest BCUT2D eigenvalue weighted by Gasteiger charge is -2.41. The van der Waals surface area contributed by atoms with Gasteiger partial charge in [0.25, 0.3) is 0 Å². The molecular weight excluding hydrogens is 246 g/mol. The lowest BCUT2D eigenvalue weighted by atomic mass is 9.96. The summed E-state index contributed by atoms with van der Waals surface area (Å²) in [5, 5.41) is 30.9. The quantitative estimate of drug-likeness (QED) is 0.414. The van der Waals surface area contributed by atoms with Gasteiger partial charge in [0.15, 0.2) is 12.4 Å². The van der Waals surface area contributed by atoms with Crippen LogP contribution in [0, 0.1) is 0 Å². The van der Waals surface area contributed by atoms with E-state index in [1.54, 1.807) is 0 Å². The average Bonchev–Trinajstić information content (AvgIpc) is 2.27. The van der Waals surface area contributed by atoms with Crippen LogP contribution in [-0.2, 0) is 19.1 Å². The molecule has 1 saturated heterocycles. The highest BCUT2D eigenvalue weighted by molar-refractivity contribution is 5.73. The van der Waals surface area contributed by atoms with Crippen molar-refractivity contribution in [2.45, 2.75) is 44.5 Å². The van der Waals surface area contributed by atoms with Gasteiger partial charge in [0, 0.05) is 13.8 Å². The Morgan fingerprint density at radius 2 is 1.94 bits per heavy atom. The molecule has 104 valence electrons. The van der Waals surface area contributed by atoms with Crippen LogP contribution in [0.1, 0.15) is 13.8 Å². The fourth-order valence-corrected chi connectivity index (χ4v) is 1.81. The molecule has 1 aliphatic heterocycles. The molecule has 0 aromatic heterocycles. The predicted molar refractivity (Wildman–Crippen MR) is 57.1 cm³/mol. The van der Waals surface area contributed by atoms with Crippen molar-refractivity contribution in [1.82, 2.24) is 5.32 Å². The van der Waals surface area contributed by atoms with Crippen LogP contribution in [0.3, 0.4) is 0 Å². The predicted octanol–water partition coefficient (Wildman–Crippen LogP) is -2.51. The zero-order valence-electron chi connectivity index (χ0n) is 10.1. The lowest BCUT2D eigenvalue weighted by molar-refractivity contribution is -0.259. The number of esters is 1. The first kappa shape index (κ1) is 14.8. The number of amides is 1.